The molecule has 0 aliphatic carbocycles. The van der Waals surface area contributed by atoms with Crippen molar-refractivity contribution in [3.63, 3.8) is 0 Å². The van der Waals surface area contributed by atoms with Crippen molar-refractivity contribution in [2.45, 2.75) is 19.4 Å². The molecule has 2 aromatic rings. The van der Waals surface area contributed by atoms with Gasteiger partial charge in [-0.25, -0.2) is 4.39 Å². The van der Waals surface area contributed by atoms with Gasteiger partial charge in [0.2, 0.25) is 11.7 Å². The van der Waals surface area contributed by atoms with E-state index in [1.54, 1.807) is 12.1 Å². The summed E-state index contributed by atoms with van der Waals surface area (Å²) in [6.45, 7) is 2.20. The molecular weight excluding hydrogens is 273 g/mol. The van der Waals surface area contributed by atoms with Gasteiger partial charge in [-0.15, -0.1) is 0 Å². The molecule has 1 aliphatic rings. The number of likely N-dealkylation sites (tertiary alicyclic amines) is 1. The summed E-state index contributed by atoms with van der Waals surface area (Å²) in [5.41, 5.74) is 0.718. The van der Waals surface area contributed by atoms with E-state index in [1.807, 2.05) is 0 Å². The van der Waals surface area contributed by atoms with Crippen LogP contribution in [0.25, 0.3) is 11.4 Å². The number of carbonyl (C=O) groups is 1. The molecule has 0 N–H and O–H groups in total. The lowest BCUT2D eigenvalue weighted by molar-refractivity contribution is -0.112. The zero-order valence-corrected chi connectivity index (χ0v) is 11.5. The SMILES string of the molecule is O=CC1CCCN(Cc2nc(-c3ccc(F)cc3)no2)C1. The Labute approximate surface area is 121 Å². The standard InChI is InChI=1S/C15H16FN3O2/c16-13-5-3-12(4-6-13)15-17-14(21-18-15)9-19-7-1-2-11(8-19)10-20/h3-6,10-11H,1-2,7-9H2. The number of aromatic nitrogens is 2. The van der Waals surface area contributed by atoms with Crippen LogP contribution in [0.15, 0.2) is 28.8 Å². The predicted octanol–water partition coefficient (Wildman–Crippen LogP) is 2.29. The van der Waals surface area contributed by atoms with E-state index in [9.17, 15) is 9.18 Å². The molecular formula is C15H16FN3O2. The minimum absolute atomic E-state index is 0.0956. The zero-order valence-electron chi connectivity index (χ0n) is 11.5. The molecule has 1 aromatic heterocycles. The molecule has 1 fully saturated rings. The first kappa shape index (κ1) is 13.9. The Hall–Kier alpha value is -2.08. The van der Waals surface area contributed by atoms with Crippen molar-refractivity contribution in [3.8, 4) is 11.4 Å². The van der Waals surface area contributed by atoms with Gasteiger partial charge in [0.1, 0.15) is 12.1 Å². The Kier molecular flexibility index (Phi) is 4.06. The van der Waals surface area contributed by atoms with Gasteiger partial charge in [0, 0.05) is 18.0 Å². The van der Waals surface area contributed by atoms with Crippen LogP contribution in [-0.2, 0) is 11.3 Å². The summed E-state index contributed by atoms with van der Waals surface area (Å²) in [7, 11) is 0. The highest BCUT2D eigenvalue weighted by Crippen LogP contribution is 2.19. The Morgan fingerprint density at radius 1 is 1.38 bits per heavy atom. The maximum Gasteiger partial charge on any atom is 0.241 e. The number of halogens is 1. The van der Waals surface area contributed by atoms with Gasteiger partial charge in [-0.05, 0) is 43.7 Å². The molecule has 0 radical (unpaired) electrons. The molecule has 5 nitrogen and oxygen atoms in total. The number of hydrogen-bond donors (Lipinski definition) is 0. The molecule has 1 saturated heterocycles. The third-order valence-electron chi connectivity index (χ3n) is 3.66. The molecule has 6 heteroatoms. The fourth-order valence-electron chi connectivity index (χ4n) is 2.57. The Morgan fingerprint density at radius 2 is 2.19 bits per heavy atom. The van der Waals surface area contributed by atoms with Crippen LogP contribution in [-0.4, -0.2) is 34.4 Å². The molecule has 1 aromatic carbocycles. The van der Waals surface area contributed by atoms with Crippen molar-refractivity contribution >= 4 is 6.29 Å². The second-order valence-corrected chi connectivity index (χ2v) is 5.29. The quantitative estimate of drug-likeness (QED) is 0.808. The summed E-state index contributed by atoms with van der Waals surface area (Å²) in [5, 5.41) is 3.92. The lowest BCUT2D eigenvalue weighted by Gasteiger charge is -2.28. The molecule has 1 unspecified atom stereocenters. The van der Waals surface area contributed by atoms with Gasteiger partial charge in [0.25, 0.3) is 0 Å². The van der Waals surface area contributed by atoms with E-state index in [4.69, 9.17) is 4.52 Å². The third-order valence-corrected chi connectivity index (χ3v) is 3.66. The predicted molar refractivity (Wildman–Crippen MR) is 73.8 cm³/mol. The Bertz CT molecular complexity index is 612. The largest absolute Gasteiger partial charge is 0.338 e. The molecule has 2 heterocycles. The Balaban J connectivity index is 1.67. The van der Waals surface area contributed by atoms with Crippen molar-refractivity contribution in [2.75, 3.05) is 13.1 Å². The Morgan fingerprint density at radius 3 is 2.95 bits per heavy atom. The number of benzene rings is 1. The molecule has 3 rings (SSSR count). The zero-order chi connectivity index (χ0) is 14.7. The summed E-state index contributed by atoms with van der Waals surface area (Å²) >= 11 is 0. The maximum atomic E-state index is 12.9. The van der Waals surface area contributed by atoms with Crippen LogP contribution >= 0.6 is 0 Å². The molecule has 110 valence electrons. The van der Waals surface area contributed by atoms with E-state index in [1.165, 1.54) is 12.1 Å². The number of rotatable bonds is 4. The van der Waals surface area contributed by atoms with Crippen molar-refractivity contribution in [1.29, 1.82) is 0 Å². The normalized spacial score (nSPS) is 19.6. The molecule has 1 atom stereocenters. The van der Waals surface area contributed by atoms with Crippen molar-refractivity contribution in [2.24, 2.45) is 5.92 Å². The molecule has 0 spiro atoms. The van der Waals surface area contributed by atoms with E-state index in [0.717, 1.165) is 37.8 Å². The second-order valence-electron chi connectivity index (χ2n) is 5.29. The van der Waals surface area contributed by atoms with E-state index in [2.05, 4.69) is 15.0 Å². The van der Waals surface area contributed by atoms with Crippen LogP contribution in [0.3, 0.4) is 0 Å². The highest BCUT2D eigenvalue weighted by molar-refractivity contribution is 5.54. The molecule has 1 aliphatic heterocycles. The minimum Gasteiger partial charge on any atom is -0.338 e. The van der Waals surface area contributed by atoms with Gasteiger partial charge < -0.3 is 9.32 Å². The topological polar surface area (TPSA) is 59.2 Å². The molecule has 21 heavy (non-hydrogen) atoms. The summed E-state index contributed by atoms with van der Waals surface area (Å²) in [4.78, 5) is 17.3. The fraction of sp³-hybridized carbons (Fsp3) is 0.400. The highest BCUT2D eigenvalue weighted by Gasteiger charge is 2.21. The molecule has 0 saturated carbocycles. The van der Waals surface area contributed by atoms with Gasteiger partial charge in [0.05, 0.1) is 6.54 Å². The number of hydrogen-bond acceptors (Lipinski definition) is 5. The number of carbonyl (C=O) groups excluding carboxylic acids is 1. The monoisotopic (exact) mass is 289 g/mol. The number of aldehydes is 1. The second kappa shape index (κ2) is 6.13. The fourth-order valence-corrected chi connectivity index (χ4v) is 2.57. The summed E-state index contributed by atoms with van der Waals surface area (Å²) in [5.74, 6) is 0.767. The van der Waals surface area contributed by atoms with Gasteiger partial charge in [-0.1, -0.05) is 5.16 Å². The lowest BCUT2D eigenvalue weighted by Crippen LogP contribution is -2.35. The smallest absolute Gasteiger partial charge is 0.241 e. The average molecular weight is 289 g/mol. The van der Waals surface area contributed by atoms with Crippen molar-refractivity contribution in [1.82, 2.24) is 15.0 Å². The third kappa shape index (κ3) is 3.33. The minimum atomic E-state index is -0.296. The van der Waals surface area contributed by atoms with Crippen LogP contribution in [0.2, 0.25) is 0 Å². The first-order valence-electron chi connectivity index (χ1n) is 7.01. The molecule has 0 amide bonds. The van der Waals surface area contributed by atoms with Gasteiger partial charge in [-0.2, -0.15) is 4.98 Å². The van der Waals surface area contributed by atoms with Crippen molar-refractivity contribution < 1.29 is 13.7 Å². The van der Waals surface area contributed by atoms with Crippen LogP contribution in [0.4, 0.5) is 4.39 Å². The number of nitrogens with zero attached hydrogens (tertiary/aromatic N) is 3. The van der Waals surface area contributed by atoms with Crippen LogP contribution in [0, 0.1) is 11.7 Å². The van der Waals surface area contributed by atoms with Gasteiger partial charge >= 0.3 is 0 Å². The lowest BCUT2D eigenvalue weighted by atomic mass is 10.00. The summed E-state index contributed by atoms with van der Waals surface area (Å²) in [6.07, 6.45) is 2.97. The maximum absolute atomic E-state index is 12.9. The first-order chi connectivity index (χ1) is 10.2. The van der Waals surface area contributed by atoms with E-state index in [0.29, 0.717) is 18.3 Å². The summed E-state index contributed by atoms with van der Waals surface area (Å²) < 4.78 is 18.1. The van der Waals surface area contributed by atoms with Crippen molar-refractivity contribution in [3.05, 3.63) is 36.0 Å². The van der Waals surface area contributed by atoms with Crippen LogP contribution in [0.5, 0.6) is 0 Å². The molecule has 0 bridgehead atoms. The van der Waals surface area contributed by atoms with Crippen LogP contribution in [0.1, 0.15) is 18.7 Å². The average Bonchev–Trinajstić information content (AvgIpc) is 2.96. The van der Waals surface area contributed by atoms with Gasteiger partial charge in [0.15, 0.2) is 0 Å². The van der Waals surface area contributed by atoms with Gasteiger partial charge in [-0.3, -0.25) is 4.90 Å². The van der Waals surface area contributed by atoms with E-state index >= 15 is 0 Å². The van der Waals surface area contributed by atoms with E-state index < -0.39 is 0 Å². The first-order valence-corrected chi connectivity index (χ1v) is 7.01. The van der Waals surface area contributed by atoms with Crippen LogP contribution < -0.4 is 0 Å². The summed E-state index contributed by atoms with van der Waals surface area (Å²) in [6, 6.07) is 5.97. The van der Waals surface area contributed by atoms with E-state index in [-0.39, 0.29) is 11.7 Å². The highest BCUT2D eigenvalue weighted by atomic mass is 19.1. The number of piperidine rings is 1.